The molecule has 0 bridgehead atoms. The van der Waals surface area contributed by atoms with Gasteiger partial charge in [-0.05, 0) is 109 Å². The van der Waals surface area contributed by atoms with Crippen LogP contribution in [0.25, 0.3) is 0 Å². The molecule has 8 rings (SSSR count). The number of ether oxygens (including phenoxy) is 6. The molecule has 0 radical (unpaired) electrons. The van der Waals surface area contributed by atoms with Crippen LogP contribution in [0.4, 0.5) is 0 Å². The molecule has 384 valence electrons. The lowest BCUT2D eigenvalue weighted by molar-refractivity contribution is -0.363. The van der Waals surface area contributed by atoms with Gasteiger partial charge in [-0.2, -0.15) is 0 Å². The molecule has 18 heteroatoms. The lowest BCUT2D eigenvalue weighted by atomic mass is 9.33. The number of hydrogen-bond donors (Lipinski definition) is 11. The molecule has 11 N–H and O–H groups in total. The first-order valence-corrected chi connectivity index (χ1v) is 24.8. The van der Waals surface area contributed by atoms with Crippen LogP contribution in [0.2, 0.25) is 0 Å². The number of carbonyl (C=O) groups excluding carboxylic acids is 1. The highest BCUT2D eigenvalue weighted by atomic mass is 16.8. The molecule has 4 saturated carbocycles. The van der Waals surface area contributed by atoms with E-state index in [2.05, 4.69) is 54.5 Å². The van der Waals surface area contributed by atoms with Crippen molar-refractivity contribution in [2.45, 2.75) is 205 Å². The summed E-state index contributed by atoms with van der Waals surface area (Å²) in [5.41, 5.74) is -0.840. The Kier molecular flexibility index (Phi) is 14.4. The summed E-state index contributed by atoms with van der Waals surface area (Å²) in [4.78, 5) is 15.2. The lowest BCUT2D eigenvalue weighted by Gasteiger charge is -2.71. The highest BCUT2D eigenvalue weighted by molar-refractivity contribution is 5.79. The van der Waals surface area contributed by atoms with Crippen LogP contribution < -0.4 is 0 Å². The minimum atomic E-state index is -1.86. The summed E-state index contributed by atoms with van der Waals surface area (Å²) < 4.78 is 36.4. The molecule has 0 aromatic carbocycles. The molecule has 13 unspecified atom stereocenters. The molecule has 5 aliphatic carbocycles. The molecule has 67 heavy (non-hydrogen) atoms. The average molecular weight is 957 g/mol. The van der Waals surface area contributed by atoms with Gasteiger partial charge in [-0.1, -0.05) is 60.1 Å². The van der Waals surface area contributed by atoms with E-state index in [1.165, 1.54) is 5.57 Å². The summed E-state index contributed by atoms with van der Waals surface area (Å²) in [5.74, 6) is -1.11. The largest absolute Gasteiger partial charge is 0.432 e. The summed E-state index contributed by atoms with van der Waals surface area (Å²) in [6, 6.07) is 0. The number of fused-ring (bicyclic) bond motifs is 7. The van der Waals surface area contributed by atoms with Crippen LogP contribution >= 0.6 is 0 Å². The maximum absolute atomic E-state index is 15.2. The van der Waals surface area contributed by atoms with Gasteiger partial charge in [0.1, 0.15) is 48.8 Å². The molecule has 8 aliphatic rings. The van der Waals surface area contributed by atoms with Crippen LogP contribution in [0, 0.1) is 56.2 Å². The summed E-state index contributed by atoms with van der Waals surface area (Å²) in [6.45, 7) is 13.8. The number of hydrogen-bond acceptors (Lipinski definition) is 18. The molecule has 0 amide bonds. The van der Waals surface area contributed by atoms with Crippen molar-refractivity contribution in [3.63, 3.8) is 0 Å². The molecule has 3 aliphatic heterocycles. The standard InChI is InChI=1S/C49H80O18/c1-44(2)12-14-49(43(61)67-42-39(36(58)34(56)29(22-53)65-42)66-41-38(60)35(57)33(55)28(21-52)64-41)15-13-47(6)25(26(49)18-44)8-9-31-46(5)17-23(16-45(3,4)30(46)10-11-48(31,47)7)62-40-37(59)32(54)24(19-50)27(20-51)63-40/h8,23-24,26-42,50-60H,9-22H2,1-7H3/t23?,24-,26?,27+,28+,29-,30?,31?,32-,33-,34+,35-,36+,37?,38-,39?,40?,41?,42?,46?,47?,48?,49?/m0/s1. The highest BCUT2D eigenvalue weighted by Crippen LogP contribution is 2.76. The molecule has 7 fully saturated rings. The van der Waals surface area contributed by atoms with Gasteiger partial charge in [0.2, 0.25) is 6.29 Å². The first-order valence-electron chi connectivity index (χ1n) is 24.8. The van der Waals surface area contributed by atoms with E-state index in [1.807, 2.05) is 0 Å². The van der Waals surface area contributed by atoms with Gasteiger partial charge in [-0.15, -0.1) is 0 Å². The van der Waals surface area contributed by atoms with Gasteiger partial charge < -0.3 is 84.6 Å². The second kappa shape index (κ2) is 18.6. The van der Waals surface area contributed by atoms with Crippen molar-refractivity contribution in [1.82, 2.24) is 0 Å². The zero-order chi connectivity index (χ0) is 49.0. The van der Waals surface area contributed by atoms with Gasteiger partial charge in [-0.3, -0.25) is 4.79 Å². The van der Waals surface area contributed by atoms with Gasteiger partial charge >= 0.3 is 5.97 Å². The van der Waals surface area contributed by atoms with Gasteiger partial charge in [-0.25, -0.2) is 0 Å². The minimum absolute atomic E-state index is 0.128. The number of aliphatic hydroxyl groups is 11. The number of aliphatic hydroxyl groups excluding tert-OH is 11. The predicted octanol–water partition coefficient (Wildman–Crippen LogP) is 0.388. The predicted molar refractivity (Wildman–Crippen MR) is 235 cm³/mol. The fourth-order valence-electron chi connectivity index (χ4n) is 15.5. The second-order valence-corrected chi connectivity index (χ2v) is 24.0. The van der Waals surface area contributed by atoms with Gasteiger partial charge in [0, 0.05) is 5.92 Å². The SMILES string of the molecule is CC1(C)CCC2(C(=O)OC3O[C@@H](CO)[C@@H](O)[C@@H](O)C3OC3O[C@H](CO)[C@H](O)[C@H](O)[C@@H]3O)CCC3(C)C(=CCC4C5(C)CC(OC6O[C@H](CO)[C@H](CO)[C@H](O)C6O)CC(C)(C)C5CCC43C)C2C1. The molecule has 18 nitrogen and oxygen atoms in total. The lowest BCUT2D eigenvalue weighted by Crippen LogP contribution is -2.66. The molecule has 0 spiro atoms. The Bertz CT molecular complexity index is 1810. The van der Waals surface area contributed by atoms with Gasteiger partial charge in [0.15, 0.2) is 18.7 Å². The van der Waals surface area contributed by atoms with Crippen molar-refractivity contribution in [1.29, 1.82) is 0 Å². The Hall–Kier alpha value is -1.43. The van der Waals surface area contributed by atoms with Crippen molar-refractivity contribution >= 4 is 5.97 Å². The van der Waals surface area contributed by atoms with Crippen molar-refractivity contribution in [3.8, 4) is 0 Å². The first-order chi connectivity index (χ1) is 31.4. The van der Waals surface area contributed by atoms with E-state index in [-0.39, 0.29) is 45.0 Å². The third-order valence-corrected chi connectivity index (χ3v) is 19.4. The summed E-state index contributed by atoms with van der Waals surface area (Å²) >= 11 is 0. The van der Waals surface area contributed by atoms with E-state index in [9.17, 15) is 56.2 Å². The Morgan fingerprint density at radius 3 is 1.84 bits per heavy atom. The quantitative estimate of drug-likeness (QED) is 0.0802. The first kappa shape index (κ1) is 51.9. The number of rotatable bonds is 10. The summed E-state index contributed by atoms with van der Waals surface area (Å²) in [6.07, 6.45) is -12.3. The average Bonchev–Trinajstić information content (AvgIpc) is 3.27. The van der Waals surface area contributed by atoms with Gasteiger partial charge in [0.05, 0.1) is 50.2 Å². The van der Waals surface area contributed by atoms with Crippen LogP contribution in [0.15, 0.2) is 11.6 Å². The third-order valence-electron chi connectivity index (χ3n) is 19.4. The molecular formula is C49H80O18. The molecular weight excluding hydrogens is 877 g/mol. The Morgan fingerprint density at radius 2 is 1.19 bits per heavy atom. The van der Waals surface area contributed by atoms with Crippen molar-refractivity contribution in [3.05, 3.63) is 11.6 Å². The molecule has 3 heterocycles. The van der Waals surface area contributed by atoms with Crippen LogP contribution in [0.1, 0.15) is 113 Å². The van der Waals surface area contributed by atoms with E-state index < -0.39 is 130 Å². The Balaban J connectivity index is 1.08. The zero-order valence-electron chi connectivity index (χ0n) is 40.2. The number of esters is 1. The summed E-state index contributed by atoms with van der Waals surface area (Å²) in [7, 11) is 0. The van der Waals surface area contributed by atoms with Crippen molar-refractivity contribution in [2.75, 3.05) is 26.4 Å². The number of carbonyl (C=O) groups is 1. The van der Waals surface area contributed by atoms with Gasteiger partial charge in [0.25, 0.3) is 0 Å². The van der Waals surface area contributed by atoms with E-state index in [0.717, 1.165) is 25.7 Å². The third kappa shape index (κ3) is 8.39. The fourth-order valence-corrected chi connectivity index (χ4v) is 15.5. The zero-order valence-corrected chi connectivity index (χ0v) is 40.2. The molecule has 23 atom stereocenters. The Morgan fingerprint density at radius 1 is 0.612 bits per heavy atom. The normalized spacial score (nSPS) is 52.7. The van der Waals surface area contributed by atoms with Crippen LogP contribution in [0.5, 0.6) is 0 Å². The Labute approximate surface area is 393 Å². The van der Waals surface area contributed by atoms with E-state index >= 15 is 4.79 Å². The molecule has 3 saturated heterocycles. The van der Waals surface area contributed by atoms with Crippen LogP contribution in [0.3, 0.4) is 0 Å². The maximum Gasteiger partial charge on any atom is 0.315 e. The monoisotopic (exact) mass is 957 g/mol. The minimum Gasteiger partial charge on any atom is -0.432 e. The topological polar surface area (TPSA) is 295 Å². The number of allylic oxidation sites excluding steroid dienone is 2. The fraction of sp³-hybridized carbons (Fsp3) is 0.939. The smallest absolute Gasteiger partial charge is 0.315 e. The highest BCUT2D eigenvalue weighted by Gasteiger charge is 2.70. The maximum atomic E-state index is 15.2. The van der Waals surface area contributed by atoms with E-state index in [0.29, 0.717) is 44.4 Å². The molecule has 0 aromatic heterocycles. The molecule has 0 aromatic rings. The van der Waals surface area contributed by atoms with E-state index in [4.69, 9.17) is 28.4 Å². The van der Waals surface area contributed by atoms with Crippen molar-refractivity contribution < 1.29 is 89.4 Å². The van der Waals surface area contributed by atoms with Crippen molar-refractivity contribution in [2.24, 2.45) is 56.2 Å². The van der Waals surface area contributed by atoms with Crippen LogP contribution in [-0.2, 0) is 33.2 Å². The summed E-state index contributed by atoms with van der Waals surface area (Å²) in [5, 5.41) is 116. The second-order valence-electron chi connectivity index (χ2n) is 24.0. The van der Waals surface area contributed by atoms with E-state index in [1.54, 1.807) is 0 Å². The van der Waals surface area contributed by atoms with Crippen LogP contribution in [-0.4, -0.2) is 181 Å².